The second-order valence-electron chi connectivity index (χ2n) is 4.71. The van der Waals surface area contributed by atoms with Crippen LogP contribution in [0.2, 0.25) is 0 Å². The highest BCUT2D eigenvalue weighted by Crippen LogP contribution is 2.12. The Labute approximate surface area is 120 Å². The maximum absolute atomic E-state index is 12.0. The lowest BCUT2D eigenvalue weighted by Crippen LogP contribution is -2.32. The SMILES string of the molecule is CCCNS(=O)(=O)c1cccc(C(=O)NC(C)CC)c1. The molecular weight excluding hydrogens is 276 g/mol. The minimum absolute atomic E-state index is 0.0565. The fourth-order valence-corrected chi connectivity index (χ4v) is 2.71. The monoisotopic (exact) mass is 298 g/mol. The maximum atomic E-state index is 12.0. The van der Waals surface area contributed by atoms with Gasteiger partial charge in [-0.25, -0.2) is 13.1 Å². The van der Waals surface area contributed by atoms with E-state index in [9.17, 15) is 13.2 Å². The zero-order valence-corrected chi connectivity index (χ0v) is 13.0. The van der Waals surface area contributed by atoms with Crippen molar-refractivity contribution in [2.45, 2.75) is 44.6 Å². The number of amides is 1. The van der Waals surface area contributed by atoms with Gasteiger partial charge in [0.1, 0.15) is 0 Å². The molecule has 0 saturated heterocycles. The predicted octanol–water partition coefficient (Wildman–Crippen LogP) is 1.90. The molecular formula is C14H22N2O3S. The number of rotatable bonds is 7. The molecule has 1 atom stereocenters. The third-order valence-corrected chi connectivity index (χ3v) is 4.40. The topological polar surface area (TPSA) is 75.3 Å². The van der Waals surface area contributed by atoms with Crippen molar-refractivity contribution in [3.8, 4) is 0 Å². The minimum Gasteiger partial charge on any atom is -0.350 e. The first-order chi connectivity index (χ1) is 9.40. The number of nitrogens with one attached hydrogen (secondary N) is 2. The first-order valence-electron chi connectivity index (χ1n) is 6.81. The van der Waals surface area contributed by atoms with Crippen LogP contribution in [0.5, 0.6) is 0 Å². The van der Waals surface area contributed by atoms with Crippen molar-refractivity contribution < 1.29 is 13.2 Å². The fraction of sp³-hybridized carbons (Fsp3) is 0.500. The summed E-state index contributed by atoms with van der Waals surface area (Å²) in [6.07, 6.45) is 1.54. The Bertz CT molecular complexity index is 555. The molecule has 1 unspecified atom stereocenters. The molecule has 0 radical (unpaired) electrons. The van der Waals surface area contributed by atoms with Crippen molar-refractivity contribution in [3.05, 3.63) is 29.8 Å². The Hall–Kier alpha value is -1.40. The third kappa shape index (κ3) is 4.61. The van der Waals surface area contributed by atoms with Gasteiger partial charge in [0, 0.05) is 18.2 Å². The van der Waals surface area contributed by atoms with Crippen LogP contribution in [-0.2, 0) is 10.0 Å². The van der Waals surface area contributed by atoms with Crippen molar-refractivity contribution in [3.63, 3.8) is 0 Å². The van der Waals surface area contributed by atoms with Crippen LogP contribution in [0.1, 0.15) is 44.0 Å². The lowest BCUT2D eigenvalue weighted by Gasteiger charge is -2.12. The van der Waals surface area contributed by atoms with Gasteiger partial charge in [-0.15, -0.1) is 0 Å². The van der Waals surface area contributed by atoms with E-state index in [1.807, 2.05) is 20.8 Å². The van der Waals surface area contributed by atoms with E-state index in [-0.39, 0.29) is 16.8 Å². The summed E-state index contributed by atoms with van der Waals surface area (Å²) in [4.78, 5) is 12.1. The van der Waals surface area contributed by atoms with E-state index in [2.05, 4.69) is 10.0 Å². The summed E-state index contributed by atoms with van der Waals surface area (Å²) < 4.78 is 26.5. The van der Waals surface area contributed by atoms with Gasteiger partial charge in [-0.1, -0.05) is 19.9 Å². The van der Waals surface area contributed by atoms with Crippen molar-refractivity contribution in [2.24, 2.45) is 0 Å². The largest absolute Gasteiger partial charge is 0.350 e. The molecule has 0 aliphatic rings. The summed E-state index contributed by atoms with van der Waals surface area (Å²) in [5, 5.41) is 2.81. The van der Waals surface area contributed by atoms with Crippen LogP contribution in [-0.4, -0.2) is 26.9 Å². The number of benzene rings is 1. The number of carbonyl (C=O) groups is 1. The van der Waals surface area contributed by atoms with E-state index < -0.39 is 10.0 Å². The van der Waals surface area contributed by atoms with Gasteiger partial charge in [-0.05, 0) is 38.0 Å². The standard InChI is InChI=1S/C14H22N2O3S/c1-4-9-15-20(18,19)13-8-6-7-12(10-13)14(17)16-11(3)5-2/h6-8,10-11,15H,4-5,9H2,1-3H3,(H,16,17). The van der Waals surface area contributed by atoms with Gasteiger partial charge < -0.3 is 5.32 Å². The average Bonchev–Trinajstić information content (AvgIpc) is 2.45. The molecule has 1 aromatic rings. The summed E-state index contributed by atoms with van der Waals surface area (Å²) >= 11 is 0. The van der Waals surface area contributed by atoms with Crippen LogP contribution in [0.4, 0.5) is 0 Å². The lowest BCUT2D eigenvalue weighted by atomic mass is 10.2. The van der Waals surface area contributed by atoms with Crippen LogP contribution >= 0.6 is 0 Å². The minimum atomic E-state index is -3.54. The molecule has 5 nitrogen and oxygen atoms in total. The van der Waals surface area contributed by atoms with E-state index in [4.69, 9.17) is 0 Å². The molecule has 0 saturated carbocycles. The van der Waals surface area contributed by atoms with Crippen LogP contribution in [0.25, 0.3) is 0 Å². The molecule has 1 aromatic carbocycles. The molecule has 0 spiro atoms. The highest BCUT2D eigenvalue weighted by atomic mass is 32.2. The van der Waals surface area contributed by atoms with Crippen LogP contribution in [0.3, 0.4) is 0 Å². The molecule has 112 valence electrons. The molecule has 0 bridgehead atoms. The van der Waals surface area contributed by atoms with Gasteiger partial charge in [-0.2, -0.15) is 0 Å². The van der Waals surface area contributed by atoms with Gasteiger partial charge in [0.05, 0.1) is 4.90 Å². The maximum Gasteiger partial charge on any atom is 0.251 e. The van der Waals surface area contributed by atoms with Gasteiger partial charge in [-0.3, -0.25) is 4.79 Å². The van der Waals surface area contributed by atoms with Gasteiger partial charge in [0.25, 0.3) is 5.91 Å². The Balaban J connectivity index is 2.93. The molecule has 1 rings (SSSR count). The first-order valence-corrected chi connectivity index (χ1v) is 8.29. The summed E-state index contributed by atoms with van der Waals surface area (Å²) in [6, 6.07) is 6.12. The number of sulfonamides is 1. The highest BCUT2D eigenvalue weighted by Gasteiger charge is 2.16. The average molecular weight is 298 g/mol. The summed E-state index contributed by atoms with van der Waals surface area (Å²) in [6.45, 7) is 6.14. The van der Waals surface area contributed by atoms with Crippen LogP contribution < -0.4 is 10.0 Å². The summed E-state index contributed by atoms with van der Waals surface area (Å²) in [7, 11) is -3.54. The molecule has 0 heterocycles. The van der Waals surface area contributed by atoms with Crippen molar-refractivity contribution in [1.82, 2.24) is 10.0 Å². The van der Waals surface area contributed by atoms with E-state index in [1.54, 1.807) is 12.1 Å². The molecule has 6 heteroatoms. The second-order valence-corrected chi connectivity index (χ2v) is 6.48. The Morgan fingerprint density at radius 3 is 2.60 bits per heavy atom. The number of hydrogen-bond acceptors (Lipinski definition) is 3. The Morgan fingerprint density at radius 1 is 1.30 bits per heavy atom. The number of hydrogen-bond donors (Lipinski definition) is 2. The molecule has 0 aliphatic heterocycles. The lowest BCUT2D eigenvalue weighted by molar-refractivity contribution is 0.0939. The van der Waals surface area contributed by atoms with E-state index >= 15 is 0 Å². The predicted molar refractivity (Wildman–Crippen MR) is 79.1 cm³/mol. The molecule has 0 fully saturated rings. The van der Waals surface area contributed by atoms with E-state index in [1.165, 1.54) is 12.1 Å². The van der Waals surface area contributed by atoms with Crippen molar-refractivity contribution in [2.75, 3.05) is 6.54 Å². The normalized spacial score (nSPS) is 12.9. The zero-order valence-electron chi connectivity index (χ0n) is 12.1. The Morgan fingerprint density at radius 2 is 2.00 bits per heavy atom. The molecule has 2 N–H and O–H groups in total. The van der Waals surface area contributed by atoms with Crippen LogP contribution in [0, 0.1) is 0 Å². The summed E-state index contributed by atoms with van der Waals surface area (Å²) in [5.74, 6) is -0.258. The number of carbonyl (C=O) groups excluding carboxylic acids is 1. The van der Waals surface area contributed by atoms with Crippen LogP contribution in [0.15, 0.2) is 29.2 Å². The van der Waals surface area contributed by atoms with Crippen molar-refractivity contribution >= 4 is 15.9 Å². The van der Waals surface area contributed by atoms with Gasteiger partial charge in [0.15, 0.2) is 0 Å². The van der Waals surface area contributed by atoms with Crippen molar-refractivity contribution in [1.29, 1.82) is 0 Å². The highest BCUT2D eigenvalue weighted by molar-refractivity contribution is 7.89. The van der Waals surface area contributed by atoms with E-state index in [0.29, 0.717) is 18.5 Å². The van der Waals surface area contributed by atoms with E-state index in [0.717, 1.165) is 6.42 Å². The summed E-state index contributed by atoms with van der Waals surface area (Å²) in [5.41, 5.74) is 0.352. The zero-order chi connectivity index (χ0) is 15.2. The van der Waals surface area contributed by atoms with Gasteiger partial charge >= 0.3 is 0 Å². The molecule has 1 amide bonds. The van der Waals surface area contributed by atoms with Gasteiger partial charge in [0.2, 0.25) is 10.0 Å². The molecule has 0 aromatic heterocycles. The molecule has 0 aliphatic carbocycles. The fourth-order valence-electron chi connectivity index (χ4n) is 1.53. The molecule has 20 heavy (non-hydrogen) atoms. The third-order valence-electron chi connectivity index (χ3n) is 2.94. The Kier molecular flexibility index (Phi) is 6.16. The smallest absolute Gasteiger partial charge is 0.251 e. The second kappa shape index (κ2) is 7.40. The first kappa shape index (κ1) is 16.7. The quantitative estimate of drug-likeness (QED) is 0.807.